The summed E-state index contributed by atoms with van der Waals surface area (Å²) in [5.74, 6) is -0.861. The van der Waals surface area contributed by atoms with E-state index < -0.39 is 17.8 Å². The number of benzene rings is 3. The van der Waals surface area contributed by atoms with Gasteiger partial charge in [-0.2, -0.15) is 5.10 Å². The third-order valence-corrected chi connectivity index (χ3v) is 4.61. The van der Waals surface area contributed by atoms with Crippen molar-refractivity contribution in [3.8, 4) is 23.0 Å². The van der Waals surface area contributed by atoms with Crippen LogP contribution in [0.25, 0.3) is 0 Å². The minimum absolute atomic E-state index is 0.265. The zero-order chi connectivity index (χ0) is 25.2. The fourth-order valence-corrected chi connectivity index (χ4v) is 2.88. The first-order valence-corrected chi connectivity index (χ1v) is 10.3. The third-order valence-electron chi connectivity index (χ3n) is 4.61. The number of nitrogens with one attached hydrogen (secondary N) is 2. The largest absolute Gasteiger partial charge is 0.497 e. The topological polar surface area (TPSA) is 125 Å². The zero-order valence-corrected chi connectivity index (χ0v) is 19.2. The van der Waals surface area contributed by atoms with Crippen LogP contribution >= 0.6 is 0 Å². The highest BCUT2D eigenvalue weighted by atomic mass is 16.5. The molecule has 0 aromatic heterocycles. The average Bonchev–Trinajstić information content (AvgIpc) is 2.88. The van der Waals surface area contributed by atoms with Gasteiger partial charge in [0.2, 0.25) is 0 Å². The van der Waals surface area contributed by atoms with E-state index in [4.69, 9.17) is 18.9 Å². The van der Waals surface area contributed by atoms with E-state index in [0.717, 1.165) is 0 Å². The van der Waals surface area contributed by atoms with E-state index in [1.54, 1.807) is 60.7 Å². The summed E-state index contributed by atoms with van der Waals surface area (Å²) in [5, 5.41) is 6.23. The summed E-state index contributed by atoms with van der Waals surface area (Å²) in [6.07, 6.45) is 1.31. The van der Waals surface area contributed by atoms with E-state index in [-0.39, 0.29) is 11.4 Å². The smallest absolute Gasteiger partial charge is 0.343 e. The maximum atomic E-state index is 12.4. The molecule has 0 aliphatic carbocycles. The molecule has 0 saturated carbocycles. The number of nitrogens with zero attached hydrogens (tertiary/aromatic N) is 1. The molecule has 180 valence electrons. The summed E-state index contributed by atoms with van der Waals surface area (Å²) >= 11 is 0. The van der Waals surface area contributed by atoms with Crippen LogP contribution in [0.1, 0.15) is 15.9 Å². The first kappa shape index (κ1) is 24.8. The fraction of sp³-hybridized carbons (Fsp3) is 0.120. The molecule has 0 fully saturated rings. The van der Waals surface area contributed by atoms with Crippen molar-refractivity contribution in [1.82, 2.24) is 5.43 Å². The van der Waals surface area contributed by atoms with Crippen molar-refractivity contribution in [3.05, 3.63) is 77.9 Å². The highest BCUT2D eigenvalue weighted by molar-refractivity contribution is 6.39. The maximum absolute atomic E-state index is 12.4. The molecule has 0 aliphatic rings. The number of hydrogen-bond acceptors (Lipinski definition) is 8. The summed E-state index contributed by atoms with van der Waals surface area (Å²) in [4.78, 5) is 36.7. The number of anilines is 1. The summed E-state index contributed by atoms with van der Waals surface area (Å²) in [6.45, 7) is 0. The second-order valence-electron chi connectivity index (χ2n) is 6.91. The number of carbonyl (C=O) groups excluding carboxylic acids is 3. The van der Waals surface area contributed by atoms with Crippen molar-refractivity contribution in [2.24, 2.45) is 5.10 Å². The molecule has 0 aliphatic heterocycles. The van der Waals surface area contributed by atoms with Gasteiger partial charge in [0.15, 0.2) is 0 Å². The van der Waals surface area contributed by atoms with Gasteiger partial charge in [-0.05, 0) is 48.0 Å². The van der Waals surface area contributed by atoms with Crippen molar-refractivity contribution in [2.45, 2.75) is 0 Å². The normalized spacial score (nSPS) is 10.4. The Morgan fingerprint density at radius 1 is 0.771 bits per heavy atom. The molecule has 10 heteroatoms. The Balaban J connectivity index is 1.59. The molecule has 2 amide bonds. The maximum Gasteiger partial charge on any atom is 0.343 e. The molecule has 0 saturated heterocycles. The van der Waals surface area contributed by atoms with Crippen LogP contribution in [0.5, 0.6) is 23.0 Å². The highest BCUT2D eigenvalue weighted by Gasteiger charge is 2.16. The van der Waals surface area contributed by atoms with Crippen molar-refractivity contribution >= 4 is 29.7 Å². The molecule has 3 aromatic carbocycles. The lowest BCUT2D eigenvalue weighted by Crippen LogP contribution is -2.32. The number of methoxy groups -OCH3 is 3. The van der Waals surface area contributed by atoms with E-state index >= 15 is 0 Å². The Morgan fingerprint density at radius 2 is 1.49 bits per heavy atom. The van der Waals surface area contributed by atoms with Crippen molar-refractivity contribution < 1.29 is 33.3 Å². The van der Waals surface area contributed by atoms with E-state index in [9.17, 15) is 14.4 Å². The quantitative estimate of drug-likeness (QED) is 0.168. The summed E-state index contributed by atoms with van der Waals surface area (Å²) in [7, 11) is 4.42. The summed E-state index contributed by atoms with van der Waals surface area (Å²) < 4.78 is 20.8. The first-order valence-electron chi connectivity index (χ1n) is 10.3. The number of hydrazone groups is 1. The Morgan fingerprint density at radius 3 is 2.23 bits per heavy atom. The molecule has 0 spiro atoms. The van der Waals surface area contributed by atoms with Gasteiger partial charge in [0.25, 0.3) is 0 Å². The molecule has 3 aromatic rings. The lowest BCUT2D eigenvalue weighted by Gasteiger charge is -2.11. The predicted octanol–water partition coefficient (Wildman–Crippen LogP) is 3.02. The van der Waals surface area contributed by atoms with Crippen LogP contribution in [0.3, 0.4) is 0 Å². The number of esters is 1. The number of hydrogen-bond donors (Lipinski definition) is 2. The van der Waals surface area contributed by atoms with Gasteiger partial charge in [-0.15, -0.1) is 0 Å². The second-order valence-corrected chi connectivity index (χ2v) is 6.91. The van der Waals surface area contributed by atoms with Crippen molar-refractivity contribution in [2.75, 3.05) is 26.6 Å². The molecule has 2 N–H and O–H groups in total. The number of carbonyl (C=O) groups is 3. The third kappa shape index (κ3) is 6.81. The van der Waals surface area contributed by atoms with Gasteiger partial charge >= 0.3 is 17.8 Å². The number of rotatable bonds is 8. The van der Waals surface area contributed by atoms with Gasteiger partial charge in [0, 0.05) is 6.07 Å². The van der Waals surface area contributed by atoms with Gasteiger partial charge in [-0.25, -0.2) is 10.2 Å². The molecule has 0 heterocycles. The van der Waals surface area contributed by atoms with E-state index in [2.05, 4.69) is 15.8 Å². The van der Waals surface area contributed by atoms with E-state index in [1.165, 1.54) is 33.6 Å². The first-order chi connectivity index (χ1) is 16.9. The molecule has 0 atom stereocenters. The molecule has 3 rings (SSSR count). The minimum Gasteiger partial charge on any atom is -0.497 e. The van der Waals surface area contributed by atoms with Crippen LogP contribution in [0.15, 0.2) is 71.8 Å². The lowest BCUT2D eigenvalue weighted by molar-refractivity contribution is -0.136. The monoisotopic (exact) mass is 477 g/mol. The van der Waals surface area contributed by atoms with Crippen LogP contribution in [0.2, 0.25) is 0 Å². The second kappa shape index (κ2) is 11.8. The molecule has 0 unspecified atom stereocenters. The fourth-order valence-electron chi connectivity index (χ4n) is 2.88. The van der Waals surface area contributed by atoms with Gasteiger partial charge in [0.05, 0.1) is 38.8 Å². The van der Waals surface area contributed by atoms with Gasteiger partial charge in [-0.3, -0.25) is 9.59 Å². The number of ether oxygens (including phenoxy) is 4. The molecule has 35 heavy (non-hydrogen) atoms. The average molecular weight is 477 g/mol. The van der Waals surface area contributed by atoms with Crippen LogP contribution in [0.4, 0.5) is 5.69 Å². The van der Waals surface area contributed by atoms with Gasteiger partial charge in [-0.1, -0.05) is 18.2 Å². The Hall–Kier alpha value is -4.86. The summed E-state index contributed by atoms with van der Waals surface area (Å²) in [6, 6.07) is 17.8. The van der Waals surface area contributed by atoms with Crippen LogP contribution in [-0.4, -0.2) is 45.3 Å². The Labute approximate surface area is 201 Å². The summed E-state index contributed by atoms with van der Waals surface area (Å²) in [5.41, 5.74) is 3.26. The van der Waals surface area contributed by atoms with Crippen LogP contribution < -0.4 is 29.7 Å². The molecular formula is C25H23N3O7. The van der Waals surface area contributed by atoms with Crippen molar-refractivity contribution in [3.63, 3.8) is 0 Å². The lowest BCUT2D eigenvalue weighted by atomic mass is 10.2. The van der Waals surface area contributed by atoms with E-state index in [1.807, 2.05) is 0 Å². The Bertz CT molecular complexity index is 1260. The predicted molar refractivity (Wildman–Crippen MR) is 128 cm³/mol. The van der Waals surface area contributed by atoms with Crippen LogP contribution in [0, 0.1) is 0 Å². The minimum atomic E-state index is -0.994. The molecule has 0 bridgehead atoms. The highest BCUT2D eigenvalue weighted by Crippen LogP contribution is 2.28. The SMILES string of the molecule is COc1cccc(C(=O)Oc2cccc(/C=N/NC(=O)C(=O)Nc3cc(OC)ccc3OC)c2)c1. The molecule has 10 nitrogen and oxygen atoms in total. The molecular weight excluding hydrogens is 454 g/mol. The van der Waals surface area contributed by atoms with Gasteiger partial charge < -0.3 is 24.3 Å². The van der Waals surface area contributed by atoms with Gasteiger partial charge in [0.1, 0.15) is 23.0 Å². The molecule has 0 radical (unpaired) electrons. The van der Waals surface area contributed by atoms with Crippen LogP contribution in [-0.2, 0) is 9.59 Å². The number of amides is 2. The van der Waals surface area contributed by atoms with E-state index in [0.29, 0.717) is 28.4 Å². The Kier molecular flexibility index (Phi) is 8.38. The standard InChI is InChI=1S/C25H23N3O7/c1-32-18-8-5-7-17(13-18)25(31)35-20-9-4-6-16(12-20)15-26-28-24(30)23(29)27-21-14-19(33-2)10-11-22(21)34-3/h4-15H,1-3H3,(H,27,29)(H,28,30)/b26-15+. The van der Waals surface area contributed by atoms with Crippen molar-refractivity contribution in [1.29, 1.82) is 0 Å². The zero-order valence-electron chi connectivity index (χ0n) is 19.2.